The lowest BCUT2D eigenvalue weighted by atomic mass is 9.89. The molecule has 0 aliphatic carbocycles. The van der Waals surface area contributed by atoms with Crippen molar-refractivity contribution < 1.29 is 19.0 Å². The molecule has 130 valence electrons. The molecular formula is C16H17BN2O5S. The first-order valence-electron chi connectivity index (χ1n) is 7.71. The fraction of sp³-hybridized carbons (Fsp3) is 0.375. The lowest BCUT2D eigenvalue weighted by Crippen LogP contribution is -2.41. The van der Waals surface area contributed by atoms with E-state index in [1.165, 1.54) is 35.6 Å². The number of nitro groups is 1. The summed E-state index contributed by atoms with van der Waals surface area (Å²) in [6, 6.07) is 5.46. The standard InChI is InChI=1S/C16H17BN2O5S/c1-15(2)16(3,4)24-17(23-15)12-9-18-14(25-12)13(20)10-5-7-11(8-6-10)19(21)22/h5-9H,1-4H3. The van der Waals surface area contributed by atoms with Gasteiger partial charge in [-0.1, -0.05) is 0 Å². The smallest absolute Gasteiger partial charge is 0.399 e. The minimum absolute atomic E-state index is 0.0615. The van der Waals surface area contributed by atoms with E-state index in [0.717, 1.165) is 0 Å². The van der Waals surface area contributed by atoms with Gasteiger partial charge in [0.15, 0.2) is 5.01 Å². The minimum Gasteiger partial charge on any atom is -0.399 e. The van der Waals surface area contributed by atoms with Gasteiger partial charge in [-0.3, -0.25) is 14.9 Å². The Bertz CT molecular complexity index is 815. The van der Waals surface area contributed by atoms with Gasteiger partial charge in [0.05, 0.1) is 20.9 Å². The first-order chi connectivity index (χ1) is 11.6. The number of aromatic nitrogens is 1. The highest BCUT2D eigenvalue weighted by Crippen LogP contribution is 2.36. The number of hydrogen-bond acceptors (Lipinski definition) is 7. The van der Waals surface area contributed by atoms with Crippen LogP contribution in [0.25, 0.3) is 0 Å². The molecule has 25 heavy (non-hydrogen) atoms. The monoisotopic (exact) mass is 360 g/mol. The third-order valence-corrected chi connectivity index (χ3v) is 5.56. The largest absolute Gasteiger partial charge is 0.507 e. The third kappa shape index (κ3) is 3.22. The number of nitrogens with zero attached hydrogens (tertiary/aromatic N) is 2. The summed E-state index contributed by atoms with van der Waals surface area (Å²) in [6.45, 7) is 7.82. The number of rotatable bonds is 4. The van der Waals surface area contributed by atoms with Crippen LogP contribution in [0.4, 0.5) is 5.69 Å². The van der Waals surface area contributed by atoms with Crippen LogP contribution in [-0.4, -0.2) is 34.0 Å². The van der Waals surface area contributed by atoms with Crippen LogP contribution < -0.4 is 4.78 Å². The van der Waals surface area contributed by atoms with Gasteiger partial charge in [-0.25, -0.2) is 4.98 Å². The summed E-state index contributed by atoms with van der Waals surface area (Å²) in [6.07, 6.45) is 1.57. The number of hydrogen-bond donors (Lipinski definition) is 0. The van der Waals surface area contributed by atoms with Crippen molar-refractivity contribution in [1.29, 1.82) is 0 Å². The van der Waals surface area contributed by atoms with Crippen LogP contribution in [0.1, 0.15) is 43.1 Å². The third-order valence-electron chi connectivity index (χ3n) is 4.54. The molecule has 0 spiro atoms. The summed E-state index contributed by atoms with van der Waals surface area (Å²) in [7, 11) is -0.569. The molecule has 1 aromatic heterocycles. The maximum atomic E-state index is 12.5. The number of ketones is 1. The molecule has 2 aromatic rings. The number of carbonyl (C=O) groups is 1. The minimum atomic E-state index is -0.569. The Kier molecular flexibility index (Phi) is 4.26. The van der Waals surface area contributed by atoms with E-state index < -0.39 is 23.2 Å². The van der Waals surface area contributed by atoms with Gasteiger partial charge in [-0.2, -0.15) is 0 Å². The Labute approximate surface area is 149 Å². The highest BCUT2D eigenvalue weighted by atomic mass is 32.1. The van der Waals surface area contributed by atoms with Gasteiger partial charge in [0, 0.05) is 23.9 Å². The van der Waals surface area contributed by atoms with E-state index in [1.807, 2.05) is 27.7 Å². The molecule has 2 heterocycles. The molecule has 0 atom stereocenters. The molecule has 1 saturated heterocycles. The van der Waals surface area contributed by atoms with Crippen LogP contribution in [0.15, 0.2) is 30.5 Å². The highest BCUT2D eigenvalue weighted by molar-refractivity contribution is 7.23. The molecular weight excluding hydrogens is 343 g/mol. The maximum Gasteiger partial charge on any atom is 0.507 e. The SMILES string of the molecule is CC1(C)OB(c2cnc(C(=O)c3ccc([N+](=O)[O-])cc3)s2)OC1(C)C. The molecule has 0 bridgehead atoms. The predicted octanol–water partition coefficient (Wildman–Crippen LogP) is 2.58. The molecule has 3 rings (SSSR count). The Morgan fingerprint density at radius 3 is 2.24 bits per heavy atom. The Balaban J connectivity index is 1.80. The van der Waals surface area contributed by atoms with Crippen LogP contribution in [0, 0.1) is 10.1 Å². The number of thiazole rings is 1. The van der Waals surface area contributed by atoms with E-state index in [-0.39, 0.29) is 11.5 Å². The molecule has 1 aromatic carbocycles. The van der Waals surface area contributed by atoms with E-state index in [2.05, 4.69) is 4.98 Å². The molecule has 1 aliphatic heterocycles. The first kappa shape index (κ1) is 17.7. The van der Waals surface area contributed by atoms with Crippen molar-refractivity contribution in [2.45, 2.75) is 38.9 Å². The number of non-ortho nitro benzene ring substituents is 1. The lowest BCUT2D eigenvalue weighted by molar-refractivity contribution is -0.384. The van der Waals surface area contributed by atoms with Crippen molar-refractivity contribution >= 4 is 34.7 Å². The average molecular weight is 360 g/mol. The van der Waals surface area contributed by atoms with E-state index in [1.54, 1.807) is 6.20 Å². The summed E-state index contributed by atoms with van der Waals surface area (Å²) in [4.78, 5) is 26.9. The van der Waals surface area contributed by atoms with Crippen molar-refractivity contribution in [3.8, 4) is 0 Å². The molecule has 0 unspecified atom stereocenters. The normalized spacial score (nSPS) is 18.3. The maximum absolute atomic E-state index is 12.5. The van der Waals surface area contributed by atoms with Crippen LogP contribution in [0.2, 0.25) is 0 Å². The summed E-state index contributed by atoms with van der Waals surface area (Å²) in [5.74, 6) is -0.289. The highest BCUT2D eigenvalue weighted by Gasteiger charge is 2.52. The molecule has 1 aliphatic rings. The summed E-state index contributed by atoms with van der Waals surface area (Å²) < 4.78 is 12.6. The van der Waals surface area contributed by atoms with Gasteiger partial charge in [0.2, 0.25) is 5.78 Å². The van der Waals surface area contributed by atoms with E-state index in [4.69, 9.17) is 9.31 Å². The zero-order valence-electron chi connectivity index (χ0n) is 14.3. The summed E-state index contributed by atoms with van der Waals surface area (Å²) >= 11 is 1.20. The quantitative estimate of drug-likeness (QED) is 0.360. The van der Waals surface area contributed by atoms with Gasteiger partial charge in [0.1, 0.15) is 0 Å². The van der Waals surface area contributed by atoms with Crippen LogP contribution in [-0.2, 0) is 9.31 Å². The second kappa shape index (κ2) is 6.01. The van der Waals surface area contributed by atoms with E-state index in [0.29, 0.717) is 15.3 Å². The topological polar surface area (TPSA) is 91.6 Å². The molecule has 0 N–H and O–H groups in total. The second-order valence-electron chi connectivity index (χ2n) is 6.79. The van der Waals surface area contributed by atoms with Gasteiger partial charge in [-0.05, 0) is 39.8 Å². The van der Waals surface area contributed by atoms with Crippen molar-refractivity contribution in [2.75, 3.05) is 0 Å². The molecule has 0 amide bonds. The van der Waals surface area contributed by atoms with E-state index >= 15 is 0 Å². The second-order valence-corrected chi connectivity index (χ2v) is 7.85. The first-order valence-corrected chi connectivity index (χ1v) is 8.53. The van der Waals surface area contributed by atoms with Gasteiger partial charge >= 0.3 is 7.12 Å². The lowest BCUT2D eigenvalue weighted by Gasteiger charge is -2.32. The van der Waals surface area contributed by atoms with Crippen LogP contribution in [0.3, 0.4) is 0 Å². The zero-order valence-corrected chi connectivity index (χ0v) is 15.1. The molecule has 1 fully saturated rings. The van der Waals surface area contributed by atoms with Gasteiger partial charge in [0.25, 0.3) is 5.69 Å². The summed E-state index contributed by atoms with van der Waals surface area (Å²) in [5, 5.41) is 11.0. The average Bonchev–Trinajstić information content (AvgIpc) is 3.10. The Morgan fingerprint density at radius 2 is 1.72 bits per heavy atom. The van der Waals surface area contributed by atoms with Crippen molar-refractivity contribution in [3.63, 3.8) is 0 Å². The molecule has 9 heteroatoms. The van der Waals surface area contributed by atoms with Crippen molar-refractivity contribution in [3.05, 3.63) is 51.1 Å². The number of benzene rings is 1. The zero-order chi connectivity index (χ0) is 18.4. The van der Waals surface area contributed by atoms with Gasteiger partial charge < -0.3 is 9.31 Å². The van der Waals surface area contributed by atoms with Crippen molar-refractivity contribution in [1.82, 2.24) is 4.98 Å². The fourth-order valence-corrected chi connectivity index (χ4v) is 3.15. The van der Waals surface area contributed by atoms with Crippen LogP contribution >= 0.6 is 11.3 Å². The van der Waals surface area contributed by atoms with Gasteiger partial charge in [-0.15, -0.1) is 11.3 Å². The molecule has 0 radical (unpaired) electrons. The number of nitro benzene ring substituents is 1. The molecule has 7 nitrogen and oxygen atoms in total. The Hall–Kier alpha value is -2.10. The van der Waals surface area contributed by atoms with E-state index in [9.17, 15) is 14.9 Å². The number of carbonyl (C=O) groups excluding carboxylic acids is 1. The predicted molar refractivity (Wildman–Crippen MR) is 94.4 cm³/mol. The fourth-order valence-electron chi connectivity index (χ4n) is 2.32. The molecule has 0 saturated carbocycles. The Morgan fingerprint density at radius 1 is 1.16 bits per heavy atom. The van der Waals surface area contributed by atoms with Crippen molar-refractivity contribution in [2.24, 2.45) is 0 Å². The van der Waals surface area contributed by atoms with Crippen LogP contribution in [0.5, 0.6) is 0 Å². The summed E-state index contributed by atoms with van der Waals surface area (Å²) in [5.41, 5.74) is -0.650.